The van der Waals surface area contributed by atoms with Gasteiger partial charge in [-0.3, -0.25) is 4.79 Å². The highest BCUT2D eigenvalue weighted by Crippen LogP contribution is 2.50. The molecular weight excluding hydrogens is 158 g/mol. The number of rotatable bonds is 2. The van der Waals surface area contributed by atoms with Gasteiger partial charge in [0.15, 0.2) is 0 Å². The maximum atomic E-state index is 10.8. The summed E-state index contributed by atoms with van der Waals surface area (Å²) in [6.45, 7) is 0. The van der Waals surface area contributed by atoms with Gasteiger partial charge in [0, 0.05) is 0 Å². The molecule has 0 aromatic rings. The Labute approximate surface area is 69.9 Å². The minimum absolute atomic E-state index is 0.0324. The maximum absolute atomic E-state index is 10.8. The van der Waals surface area contributed by atoms with E-state index in [4.69, 9.17) is 5.11 Å². The van der Waals surface area contributed by atoms with Crippen LogP contribution in [0, 0.1) is 22.7 Å². The summed E-state index contributed by atoms with van der Waals surface area (Å²) in [6.07, 6.45) is 2.54. The van der Waals surface area contributed by atoms with Crippen molar-refractivity contribution in [1.82, 2.24) is 0 Å². The second-order valence-electron chi connectivity index (χ2n) is 3.77. The molecule has 4 unspecified atom stereocenters. The number of nitroso groups, excluding NO2 is 1. The molecule has 12 heavy (non-hydrogen) atoms. The van der Waals surface area contributed by atoms with Crippen LogP contribution in [0.25, 0.3) is 0 Å². The normalized spacial score (nSPS) is 44.7. The Kier molecular flexibility index (Phi) is 1.63. The third-order valence-corrected chi connectivity index (χ3v) is 3.30. The first-order chi connectivity index (χ1) is 5.74. The standard InChI is InChI=1S/C8H11NO3/c10-8(11)7-4-1-2-5(7)6(3-4)9-12/h4-7H,1-3H2,(H,10,11). The summed E-state index contributed by atoms with van der Waals surface area (Å²) >= 11 is 0. The molecule has 1 N–H and O–H groups in total. The van der Waals surface area contributed by atoms with Crippen LogP contribution in [0.3, 0.4) is 0 Å². The molecule has 0 radical (unpaired) electrons. The third kappa shape index (κ3) is 0.869. The molecule has 0 heterocycles. The fourth-order valence-corrected chi connectivity index (χ4v) is 2.80. The zero-order valence-corrected chi connectivity index (χ0v) is 6.64. The summed E-state index contributed by atoms with van der Waals surface area (Å²) in [4.78, 5) is 21.1. The van der Waals surface area contributed by atoms with Crippen molar-refractivity contribution in [2.75, 3.05) is 0 Å². The molecular formula is C8H11NO3. The minimum atomic E-state index is -0.742. The molecule has 0 aromatic carbocycles. The molecule has 2 saturated carbocycles. The molecule has 4 nitrogen and oxygen atoms in total. The van der Waals surface area contributed by atoms with E-state index in [2.05, 4.69) is 5.18 Å². The molecule has 2 rings (SSSR count). The van der Waals surface area contributed by atoms with Gasteiger partial charge in [0.1, 0.15) is 0 Å². The van der Waals surface area contributed by atoms with E-state index in [9.17, 15) is 9.70 Å². The molecule has 0 saturated heterocycles. The van der Waals surface area contributed by atoms with Crippen LogP contribution >= 0.6 is 0 Å². The molecule has 2 bridgehead atoms. The predicted molar refractivity (Wildman–Crippen MR) is 41.5 cm³/mol. The Morgan fingerprint density at radius 3 is 2.58 bits per heavy atom. The molecule has 2 aliphatic rings. The second kappa shape index (κ2) is 2.54. The first-order valence-electron chi connectivity index (χ1n) is 4.29. The first-order valence-corrected chi connectivity index (χ1v) is 4.29. The predicted octanol–water partition coefficient (Wildman–Crippen LogP) is 1.25. The molecule has 2 aliphatic carbocycles. The number of carboxylic acids is 1. The lowest BCUT2D eigenvalue weighted by Crippen LogP contribution is -2.21. The van der Waals surface area contributed by atoms with Crippen LogP contribution in [0.15, 0.2) is 5.18 Å². The summed E-state index contributed by atoms with van der Waals surface area (Å²) in [6, 6.07) is -0.218. The van der Waals surface area contributed by atoms with E-state index in [1.807, 2.05) is 0 Å². The third-order valence-electron chi connectivity index (χ3n) is 3.30. The van der Waals surface area contributed by atoms with Crippen molar-refractivity contribution < 1.29 is 9.90 Å². The Balaban J connectivity index is 2.19. The van der Waals surface area contributed by atoms with Crippen LogP contribution < -0.4 is 0 Å². The number of hydrogen-bond acceptors (Lipinski definition) is 3. The highest BCUT2D eigenvalue weighted by atomic mass is 16.4. The molecule has 0 amide bonds. The smallest absolute Gasteiger partial charge is 0.307 e. The number of aliphatic carboxylic acids is 1. The summed E-state index contributed by atoms with van der Waals surface area (Å²) in [7, 11) is 0. The van der Waals surface area contributed by atoms with Gasteiger partial charge in [-0.05, 0) is 31.1 Å². The highest BCUT2D eigenvalue weighted by molar-refractivity contribution is 5.72. The van der Waals surface area contributed by atoms with Gasteiger partial charge in [-0.1, -0.05) is 5.18 Å². The Bertz CT molecular complexity index is 228. The van der Waals surface area contributed by atoms with E-state index in [0.29, 0.717) is 6.42 Å². The van der Waals surface area contributed by atoms with Crippen molar-refractivity contribution in [3.05, 3.63) is 4.91 Å². The average molecular weight is 169 g/mol. The molecule has 2 fully saturated rings. The largest absolute Gasteiger partial charge is 0.481 e. The second-order valence-corrected chi connectivity index (χ2v) is 3.77. The molecule has 4 atom stereocenters. The Morgan fingerprint density at radius 1 is 1.42 bits per heavy atom. The monoisotopic (exact) mass is 169 g/mol. The van der Waals surface area contributed by atoms with E-state index in [-0.39, 0.29) is 23.8 Å². The van der Waals surface area contributed by atoms with Crippen molar-refractivity contribution in [2.45, 2.75) is 25.3 Å². The molecule has 4 heteroatoms. The van der Waals surface area contributed by atoms with Gasteiger partial charge in [0.2, 0.25) is 0 Å². The van der Waals surface area contributed by atoms with Crippen molar-refractivity contribution in [3.8, 4) is 0 Å². The average Bonchev–Trinajstić information content (AvgIpc) is 2.59. The van der Waals surface area contributed by atoms with Gasteiger partial charge in [-0.25, -0.2) is 0 Å². The lowest BCUT2D eigenvalue weighted by atomic mass is 9.95. The zero-order chi connectivity index (χ0) is 8.72. The number of nitrogens with zero attached hydrogens (tertiary/aromatic N) is 1. The van der Waals surface area contributed by atoms with E-state index >= 15 is 0 Å². The molecule has 0 aliphatic heterocycles. The maximum Gasteiger partial charge on any atom is 0.307 e. The van der Waals surface area contributed by atoms with Gasteiger partial charge in [-0.2, -0.15) is 4.91 Å². The van der Waals surface area contributed by atoms with Crippen molar-refractivity contribution in [1.29, 1.82) is 0 Å². The van der Waals surface area contributed by atoms with Crippen molar-refractivity contribution in [2.24, 2.45) is 22.9 Å². The summed E-state index contributed by atoms with van der Waals surface area (Å²) in [5.41, 5.74) is 0. The highest BCUT2D eigenvalue weighted by Gasteiger charge is 2.52. The van der Waals surface area contributed by atoms with Gasteiger partial charge in [0.05, 0.1) is 12.0 Å². The SMILES string of the molecule is O=NC1CC2CCC1C2C(=O)O. The van der Waals surface area contributed by atoms with Crippen LogP contribution in [0.1, 0.15) is 19.3 Å². The van der Waals surface area contributed by atoms with Gasteiger partial charge < -0.3 is 5.11 Å². The van der Waals surface area contributed by atoms with Crippen molar-refractivity contribution >= 4 is 5.97 Å². The van der Waals surface area contributed by atoms with Crippen LogP contribution in [-0.4, -0.2) is 17.1 Å². The molecule has 0 aromatic heterocycles. The summed E-state index contributed by atoms with van der Waals surface area (Å²) < 4.78 is 0. The van der Waals surface area contributed by atoms with E-state index in [0.717, 1.165) is 12.8 Å². The van der Waals surface area contributed by atoms with Crippen LogP contribution in [0.4, 0.5) is 0 Å². The lowest BCUT2D eigenvalue weighted by Gasteiger charge is -2.13. The van der Waals surface area contributed by atoms with Gasteiger partial charge in [0.25, 0.3) is 0 Å². The fraction of sp³-hybridized carbons (Fsp3) is 0.875. The van der Waals surface area contributed by atoms with Gasteiger partial charge in [-0.15, -0.1) is 0 Å². The van der Waals surface area contributed by atoms with Gasteiger partial charge >= 0.3 is 5.97 Å². The van der Waals surface area contributed by atoms with Crippen LogP contribution in [-0.2, 0) is 4.79 Å². The van der Waals surface area contributed by atoms with E-state index < -0.39 is 5.97 Å². The van der Waals surface area contributed by atoms with Crippen LogP contribution in [0.5, 0.6) is 0 Å². The van der Waals surface area contributed by atoms with E-state index in [1.165, 1.54) is 0 Å². The number of carboxylic acid groups (broad SMARTS) is 1. The topological polar surface area (TPSA) is 66.7 Å². The summed E-state index contributed by atoms with van der Waals surface area (Å²) in [5.74, 6) is -0.776. The number of carbonyl (C=O) groups is 1. The molecule has 66 valence electrons. The molecule has 0 spiro atoms. The van der Waals surface area contributed by atoms with E-state index in [1.54, 1.807) is 0 Å². The van der Waals surface area contributed by atoms with Crippen molar-refractivity contribution in [3.63, 3.8) is 0 Å². The summed E-state index contributed by atoms with van der Waals surface area (Å²) in [5, 5.41) is 11.9. The Hall–Kier alpha value is -0.930. The number of fused-ring (bicyclic) bond motifs is 2. The fourth-order valence-electron chi connectivity index (χ4n) is 2.80. The lowest BCUT2D eigenvalue weighted by molar-refractivity contribution is -0.143. The quantitative estimate of drug-likeness (QED) is 0.632. The zero-order valence-electron chi connectivity index (χ0n) is 6.64. The van der Waals surface area contributed by atoms with Crippen LogP contribution in [0.2, 0.25) is 0 Å². The Morgan fingerprint density at radius 2 is 2.17 bits per heavy atom. The number of hydrogen-bond donors (Lipinski definition) is 1. The first kappa shape index (κ1) is 7.71. The minimum Gasteiger partial charge on any atom is -0.481 e.